The van der Waals surface area contributed by atoms with Crippen molar-refractivity contribution in [2.75, 3.05) is 32.8 Å². The number of carbonyl (C=O) groups is 3. The van der Waals surface area contributed by atoms with Crippen molar-refractivity contribution < 1.29 is 23.5 Å². The van der Waals surface area contributed by atoms with Crippen molar-refractivity contribution in [1.29, 1.82) is 0 Å². The number of amides is 3. The molecule has 0 aromatic carbocycles. The van der Waals surface area contributed by atoms with E-state index < -0.39 is 0 Å². The lowest BCUT2D eigenvalue weighted by Gasteiger charge is -2.32. The molecule has 154 valence electrons. The summed E-state index contributed by atoms with van der Waals surface area (Å²) in [5.74, 6) is -0.0113. The highest BCUT2D eigenvalue weighted by Crippen LogP contribution is 2.20. The van der Waals surface area contributed by atoms with Gasteiger partial charge in [0.05, 0.1) is 17.9 Å². The average molecular weight is 391 g/mol. The molecule has 8 nitrogen and oxygen atoms in total. The normalized spacial score (nSPS) is 20.3. The van der Waals surface area contributed by atoms with E-state index in [2.05, 4.69) is 0 Å². The van der Waals surface area contributed by atoms with Crippen LogP contribution in [0.5, 0.6) is 0 Å². The zero-order valence-electron chi connectivity index (χ0n) is 16.4. The number of rotatable bonds is 7. The second kappa shape index (κ2) is 9.23. The molecule has 2 N–H and O–H groups in total. The predicted molar refractivity (Wildman–Crippen MR) is 101 cm³/mol. The molecule has 3 amide bonds. The number of piperidine rings is 1. The fourth-order valence-electron chi connectivity index (χ4n) is 3.89. The molecular formula is C20H29N3O5. The molecule has 3 rings (SSSR count). The number of aryl methyl sites for hydroxylation is 1. The third-order valence-electron chi connectivity index (χ3n) is 5.67. The lowest BCUT2D eigenvalue weighted by Crippen LogP contribution is -2.44. The van der Waals surface area contributed by atoms with Gasteiger partial charge in [0.2, 0.25) is 11.8 Å². The number of carbonyl (C=O) groups excluding carboxylic acids is 3. The van der Waals surface area contributed by atoms with Crippen molar-refractivity contribution in [3.63, 3.8) is 0 Å². The highest BCUT2D eigenvalue weighted by molar-refractivity contribution is 5.95. The topological polar surface area (TPSA) is 106 Å². The van der Waals surface area contributed by atoms with Crippen molar-refractivity contribution in [2.24, 2.45) is 11.7 Å². The van der Waals surface area contributed by atoms with Crippen LogP contribution in [0.3, 0.4) is 0 Å². The van der Waals surface area contributed by atoms with Crippen LogP contribution in [0.2, 0.25) is 0 Å². The molecule has 0 aliphatic carbocycles. The third kappa shape index (κ3) is 4.92. The van der Waals surface area contributed by atoms with E-state index in [0.717, 1.165) is 12.8 Å². The van der Waals surface area contributed by atoms with Crippen LogP contribution in [0, 0.1) is 12.8 Å². The Balaban J connectivity index is 1.58. The van der Waals surface area contributed by atoms with E-state index in [4.69, 9.17) is 14.9 Å². The standard InChI is InChI=1S/C20H29N3O5/c1-14-17(7-12-27-14)20(26)23(13-16-3-2-11-28-16)10-6-18(24)22-8-4-15(5-9-22)19(21)25/h7,12,15-16H,2-6,8-11,13H2,1H3,(H2,21,25). The van der Waals surface area contributed by atoms with E-state index >= 15 is 0 Å². The summed E-state index contributed by atoms with van der Waals surface area (Å²) in [6.07, 6.45) is 4.88. The first kappa shape index (κ1) is 20.4. The van der Waals surface area contributed by atoms with E-state index in [0.29, 0.717) is 57.0 Å². The number of furan rings is 1. The highest BCUT2D eigenvalue weighted by atomic mass is 16.5. The Labute approximate surface area is 165 Å². The van der Waals surface area contributed by atoms with Gasteiger partial charge in [-0.1, -0.05) is 0 Å². The second-order valence-corrected chi connectivity index (χ2v) is 7.58. The summed E-state index contributed by atoms with van der Waals surface area (Å²) in [6.45, 7) is 4.34. The summed E-state index contributed by atoms with van der Waals surface area (Å²) in [5.41, 5.74) is 5.87. The number of likely N-dealkylation sites (tertiary alicyclic amines) is 1. The van der Waals surface area contributed by atoms with Crippen LogP contribution in [0.25, 0.3) is 0 Å². The minimum Gasteiger partial charge on any atom is -0.469 e. The van der Waals surface area contributed by atoms with Gasteiger partial charge < -0.3 is 24.7 Å². The third-order valence-corrected chi connectivity index (χ3v) is 5.67. The maximum Gasteiger partial charge on any atom is 0.257 e. The molecule has 0 radical (unpaired) electrons. The minimum atomic E-state index is -0.295. The number of primary amides is 1. The maximum atomic E-state index is 13.0. The van der Waals surface area contributed by atoms with Gasteiger partial charge >= 0.3 is 0 Å². The highest BCUT2D eigenvalue weighted by Gasteiger charge is 2.28. The Morgan fingerprint density at radius 3 is 2.57 bits per heavy atom. The van der Waals surface area contributed by atoms with Crippen molar-refractivity contribution in [3.8, 4) is 0 Å². The summed E-state index contributed by atoms with van der Waals surface area (Å²) in [6, 6.07) is 1.66. The summed E-state index contributed by atoms with van der Waals surface area (Å²) < 4.78 is 10.9. The van der Waals surface area contributed by atoms with Gasteiger partial charge in [0.25, 0.3) is 5.91 Å². The fraction of sp³-hybridized carbons (Fsp3) is 0.650. The van der Waals surface area contributed by atoms with Crippen molar-refractivity contribution in [3.05, 3.63) is 23.7 Å². The molecule has 0 saturated carbocycles. The largest absolute Gasteiger partial charge is 0.469 e. The zero-order valence-corrected chi connectivity index (χ0v) is 16.4. The Morgan fingerprint density at radius 1 is 1.25 bits per heavy atom. The van der Waals surface area contributed by atoms with Gasteiger partial charge in [-0.25, -0.2) is 0 Å². The van der Waals surface area contributed by atoms with Crippen molar-refractivity contribution in [2.45, 2.75) is 45.1 Å². The smallest absolute Gasteiger partial charge is 0.257 e. The van der Waals surface area contributed by atoms with Crippen molar-refractivity contribution >= 4 is 17.7 Å². The average Bonchev–Trinajstić information content (AvgIpc) is 3.36. The second-order valence-electron chi connectivity index (χ2n) is 7.58. The van der Waals surface area contributed by atoms with Gasteiger partial charge in [0, 0.05) is 45.1 Å². The Kier molecular flexibility index (Phi) is 6.72. The number of hydrogen-bond donors (Lipinski definition) is 1. The van der Waals surface area contributed by atoms with Crippen LogP contribution in [0.1, 0.15) is 48.2 Å². The van der Waals surface area contributed by atoms with Crippen LogP contribution in [0.4, 0.5) is 0 Å². The SMILES string of the molecule is Cc1occc1C(=O)N(CCC(=O)N1CCC(C(N)=O)CC1)CC1CCCO1. The maximum absolute atomic E-state index is 13.0. The first-order valence-electron chi connectivity index (χ1n) is 9.97. The molecule has 8 heteroatoms. The monoisotopic (exact) mass is 391 g/mol. The quantitative estimate of drug-likeness (QED) is 0.755. The lowest BCUT2D eigenvalue weighted by molar-refractivity contribution is -0.135. The molecule has 1 atom stereocenters. The molecular weight excluding hydrogens is 362 g/mol. The summed E-state index contributed by atoms with van der Waals surface area (Å²) in [4.78, 5) is 40.3. The number of nitrogens with two attached hydrogens (primary N) is 1. The molecule has 28 heavy (non-hydrogen) atoms. The predicted octanol–water partition coefficient (Wildman–Crippen LogP) is 1.32. The zero-order chi connectivity index (χ0) is 20.1. The number of nitrogens with zero attached hydrogens (tertiary/aromatic N) is 2. The van der Waals surface area contributed by atoms with Crippen LogP contribution in [-0.2, 0) is 14.3 Å². The number of ether oxygens (including phenoxy) is 1. The summed E-state index contributed by atoms with van der Waals surface area (Å²) >= 11 is 0. The Hall–Kier alpha value is -2.35. The summed E-state index contributed by atoms with van der Waals surface area (Å²) in [5, 5.41) is 0. The van der Waals surface area contributed by atoms with Crippen LogP contribution < -0.4 is 5.73 Å². The molecule has 2 aliphatic rings. The molecule has 2 saturated heterocycles. The minimum absolute atomic E-state index is 0.00280. The van der Waals surface area contributed by atoms with Crippen LogP contribution in [0.15, 0.2) is 16.7 Å². The van der Waals surface area contributed by atoms with E-state index in [-0.39, 0.29) is 36.2 Å². The summed E-state index contributed by atoms with van der Waals surface area (Å²) in [7, 11) is 0. The van der Waals surface area contributed by atoms with E-state index in [1.165, 1.54) is 6.26 Å². The van der Waals surface area contributed by atoms with Gasteiger partial charge in [0.1, 0.15) is 5.76 Å². The van der Waals surface area contributed by atoms with Crippen LogP contribution >= 0.6 is 0 Å². The van der Waals surface area contributed by atoms with Crippen LogP contribution in [-0.4, -0.2) is 66.4 Å². The molecule has 1 unspecified atom stereocenters. The van der Waals surface area contributed by atoms with Gasteiger partial charge in [-0.2, -0.15) is 0 Å². The van der Waals surface area contributed by atoms with Gasteiger partial charge in [-0.3, -0.25) is 14.4 Å². The fourth-order valence-corrected chi connectivity index (χ4v) is 3.89. The van der Waals surface area contributed by atoms with E-state index in [1.807, 2.05) is 0 Å². The Morgan fingerprint density at radius 2 is 2.00 bits per heavy atom. The first-order chi connectivity index (χ1) is 13.5. The molecule has 1 aromatic heterocycles. The number of hydrogen-bond acceptors (Lipinski definition) is 5. The molecule has 2 aliphatic heterocycles. The lowest BCUT2D eigenvalue weighted by atomic mass is 9.96. The van der Waals surface area contributed by atoms with Gasteiger partial charge in [0.15, 0.2) is 0 Å². The molecule has 0 bridgehead atoms. The molecule has 1 aromatic rings. The van der Waals surface area contributed by atoms with E-state index in [9.17, 15) is 14.4 Å². The molecule has 3 heterocycles. The molecule has 2 fully saturated rings. The van der Waals surface area contributed by atoms with Crippen molar-refractivity contribution in [1.82, 2.24) is 9.80 Å². The first-order valence-corrected chi connectivity index (χ1v) is 9.97. The van der Waals surface area contributed by atoms with E-state index in [1.54, 1.807) is 22.8 Å². The molecule has 0 spiro atoms. The van der Waals surface area contributed by atoms with Gasteiger partial charge in [-0.15, -0.1) is 0 Å². The van der Waals surface area contributed by atoms with Gasteiger partial charge in [-0.05, 0) is 38.7 Å². The Bertz CT molecular complexity index is 702.